The molecule has 1 aromatic carbocycles. The van der Waals surface area contributed by atoms with Crippen molar-refractivity contribution >= 4 is 61.3 Å². The molecular weight excluding hydrogens is 656 g/mol. The minimum absolute atomic E-state index is 1.27. The number of aromatic nitrogens is 1. The van der Waals surface area contributed by atoms with Crippen molar-refractivity contribution in [1.29, 1.82) is 0 Å². The second kappa shape index (κ2) is 18.1. The molecular formula is C31H57NSSn2. The number of hydrogen-bond acceptors (Lipinski definition) is 2. The molecule has 0 saturated heterocycles. The van der Waals surface area contributed by atoms with Gasteiger partial charge >= 0.3 is 233 Å². The molecule has 0 N–H and O–H groups in total. The van der Waals surface area contributed by atoms with Gasteiger partial charge in [-0.05, 0) is 0 Å². The van der Waals surface area contributed by atoms with Gasteiger partial charge in [-0.3, -0.25) is 0 Å². The average molecular weight is 713 g/mol. The van der Waals surface area contributed by atoms with E-state index in [9.17, 15) is 0 Å². The molecule has 2 aromatic rings. The van der Waals surface area contributed by atoms with Crippen LogP contribution < -0.4 is 3.02 Å². The molecule has 1 heterocycles. The number of nitrogens with zero attached hydrogens (tertiary/aromatic N) is 1. The molecule has 0 aliphatic rings. The van der Waals surface area contributed by atoms with Gasteiger partial charge in [0, 0.05) is 0 Å². The van der Waals surface area contributed by atoms with Crippen molar-refractivity contribution in [2.45, 2.75) is 143 Å². The molecule has 1 aromatic heterocycles. The van der Waals surface area contributed by atoms with Crippen molar-refractivity contribution < 1.29 is 0 Å². The number of rotatable bonds is 21. The molecule has 35 heavy (non-hydrogen) atoms. The summed E-state index contributed by atoms with van der Waals surface area (Å²) in [5.74, 6) is 0. The second-order valence-corrected chi connectivity index (χ2v) is 40.8. The molecule has 2 rings (SSSR count). The fourth-order valence-corrected chi connectivity index (χ4v) is 42.1. The predicted molar refractivity (Wildman–Crippen MR) is 168 cm³/mol. The number of unbranched alkanes of at least 4 members (excludes halogenated alkanes) is 6. The molecule has 0 bridgehead atoms. The van der Waals surface area contributed by atoms with Gasteiger partial charge in [0.05, 0.1) is 0 Å². The zero-order valence-corrected chi connectivity index (χ0v) is 30.6. The third-order valence-electron chi connectivity index (χ3n) is 8.56. The van der Waals surface area contributed by atoms with E-state index >= 15 is 0 Å². The Balaban J connectivity index is 2.19. The first-order valence-electron chi connectivity index (χ1n) is 15.4. The molecule has 0 unspecified atom stereocenters. The molecule has 0 atom stereocenters. The molecule has 0 fully saturated rings. The zero-order valence-electron chi connectivity index (χ0n) is 24.1. The summed E-state index contributed by atoms with van der Waals surface area (Å²) < 4.78 is 14.5. The Bertz CT molecular complexity index is 739. The number of fused-ring (bicyclic) bond motifs is 1. The van der Waals surface area contributed by atoms with Crippen LogP contribution in [0.5, 0.6) is 0 Å². The fourth-order valence-electron chi connectivity index (χ4n) is 6.19. The van der Waals surface area contributed by atoms with Crippen LogP contribution in [0.4, 0.5) is 0 Å². The van der Waals surface area contributed by atoms with E-state index in [2.05, 4.69) is 70.2 Å². The summed E-state index contributed by atoms with van der Waals surface area (Å²) in [4.78, 5) is 5.37. The van der Waals surface area contributed by atoms with Crippen molar-refractivity contribution in [3.8, 4) is 0 Å². The Hall–Kier alpha value is 0.707. The standard InChI is InChI=1S/C7H4NS.5C4H9.C4H8.2Sn/c1-2-4-7-6(3-1)8-5-9-7;6*1-3-4-2;;/h1-4H;5*1,3-4H2,2H3;1-4H2;;. The van der Waals surface area contributed by atoms with E-state index in [-0.39, 0.29) is 0 Å². The normalized spacial score (nSPS) is 12.6. The van der Waals surface area contributed by atoms with Crippen molar-refractivity contribution in [2.24, 2.45) is 0 Å². The van der Waals surface area contributed by atoms with Gasteiger partial charge in [-0.1, -0.05) is 0 Å². The Kier molecular flexibility index (Phi) is 16.5. The van der Waals surface area contributed by atoms with Crippen LogP contribution in [0.25, 0.3) is 10.2 Å². The summed E-state index contributed by atoms with van der Waals surface area (Å²) in [6.45, 7) is 12.0. The SMILES string of the molecule is CCC[CH2][Sn]([CH2]CCC)([CH2]CCC)[CH2]CC[CH2][Sn]([CH2]CCC)([CH2]CCC)[c]1nc2ccccc2s1. The van der Waals surface area contributed by atoms with Gasteiger partial charge in [0.25, 0.3) is 0 Å². The maximum absolute atomic E-state index is 5.37. The quantitative estimate of drug-likeness (QED) is 0.0927. The van der Waals surface area contributed by atoms with Gasteiger partial charge in [-0.25, -0.2) is 0 Å². The predicted octanol–water partition coefficient (Wildman–Crippen LogP) is 11.2. The molecule has 4 heteroatoms. The molecule has 0 aliphatic heterocycles. The van der Waals surface area contributed by atoms with E-state index in [0.29, 0.717) is 0 Å². The molecule has 0 spiro atoms. The van der Waals surface area contributed by atoms with E-state index in [0.717, 1.165) is 0 Å². The number of hydrogen-bond donors (Lipinski definition) is 0. The van der Waals surface area contributed by atoms with Gasteiger partial charge in [0.2, 0.25) is 0 Å². The van der Waals surface area contributed by atoms with Gasteiger partial charge in [-0.15, -0.1) is 0 Å². The summed E-state index contributed by atoms with van der Waals surface area (Å²) >= 11 is -2.37. The molecule has 0 amide bonds. The summed E-state index contributed by atoms with van der Waals surface area (Å²) in [5.41, 5.74) is 1.27. The summed E-state index contributed by atoms with van der Waals surface area (Å²) in [6, 6.07) is 8.94. The fraction of sp³-hybridized carbons (Fsp3) is 0.774. The maximum atomic E-state index is 5.37. The van der Waals surface area contributed by atoms with Crippen molar-refractivity contribution in [3.05, 3.63) is 24.3 Å². The van der Waals surface area contributed by atoms with E-state index in [1.165, 1.54) is 80.8 Å². The van der Waals surface area contributed by atoms with E-state index in [1.807, 2.05) is 0 Å². The number of benzene rings is 1. The Morgan fingerprint density at radius 1 is 0.571 bits per heavy atom. The summed E-state index contributed by atoms with van der Waals surface area (Å²) in [5, 5.41) is 0. The topological polar surface area (TPSA) is 12.9 Å². The van der Waals surface area contributed by atoms with Gasteiger partial charge in [0.1, 0.15) is 0 Å². The Morgan fingerprint density at radius 2 is 1.00 bits per heavy atom. The first kappa shape index (κ1) is 31.9. The molecule has 1 nitrogen and oxygen atoms in total. The van der Waals surface area contributed by atoms with Crippen LogP contribution in [0.15, 0.2) is 24.3 Å². The summed E-state index contributed by atoms with van der Waals surface area (Å²) in [6.07, 6.45) is 17.4. The van der Waals surface area contributed by atoms with Crippen LogP contribution in [0.1, 0.15) is 112 Å². The van der Waals surface area contributed by atoms with Crippen LogP contribution >= 0.6 is 11.3 Å². The third-order valence-corrected chi connectivity index (χ3v) is 43.5. The third kappa shape index (κ3) is 10.4. The van der Waals surface area contributed by atoms with Crippen LogP contribution in [0.2, 0.25) is 31.1 Å². The van der Waals surface area contributed by atoms with Crippen molar-refractivity contribution in [3.63, 3.8) is 0 Å². The zero-order chi connectivity index (χ0) is 25.4. The average Bonchev–Trinajstić information content (AvgIpc) is 3.33. The molecule has 200 valence electrons. The first-order valence-corrected chi connectivity index (χ1v) is 31.8. The molecule has 0 radical (unpaired) electrons. The van der Waals surface area contributed by atoms with Crippen LogP contribution in [-0.4, -0.2) is 41.7 Å². The van der Waals surface area contributed by atoms with Crippen molar-refractivity contribution in [2.75, 3.05) is 0 Å². The Morgan fingerprint density at radius 3 is 1.51 bits per heavy atom. The van der Waals surface area contributed by atoms with Crippen LogP contribution in [0, 0.1) is 0 Å². The van der Waals surface area contributed by atoms with Gasteiger partial charge in [-0.2, -0.15) is 0 Å². The Labute approximate surface area is 231 Å². The van der Waals surface area contributed by atoms with Crippen molar-refractivity contribution in [1.82, 2.24) is 4.98 Å². The molecule has 0 aliphatic carbocycles. The van der Waals surface area contributed by atoms with E-state index in [4.69, 9.17) is 4.98 Å². The van der Waals surface area contributed by atoms with Gasteiger partial charge < -0.3 is 0 Å². The van der Waals surface area contributed by atoms with E-state index < -0.39 is 36.8 Å². The van der Waals surface area contributed by atoms with Crippen LogP contribution in [-0.2, 0) is 0 Å². The number of thiazole rings is 1. The van der Waals surface area contributed by atoms with E-state index in [1.54, 1.807) is 40.5 Å². The monoisotopic (exact) mass is 715 g/mol. The first-order chi connectivity index (χ1) is 17.1. The van der Waals surface area contributed by atoms with Crippen LogP contribution in [0.3, 0.4) is 0 Å². The summed E-state index contributed by atoms with van der Waals surface area (Å²) in [7, 11) is 0. The minimum atomic E-state index is -2.48. The molecule has 0 saturated carbocycles. The number of para-hydroxylation sites is 1. The van der Waals surface area contributed by atoms with Gasteiger partial charge in [0.15, 0.2) is 0 Å². The second-order valence-electron chi connectivity index (χ2n) is 11.5.